The van der Waals surface area contributed by atoms with Crippen molar-refractivity contribution in [1.82, 2.24) is 10.3 Å². The number of aromatic amines is 1. The minimum atomic E-state index is 1.17. The molecule has 2 nitrogen and oxygen atoms in total. The van der Waals surface area contributed by atoms with Crippen LogP contribution in [-0.4, -0.2) is 12.0 Å². The molecule has 0 saturated heterocycles. The zero-order valence-electron chi connectivity index (χ0n) is 7.23. The number of hydrogen-bond donors (Lipinski definition) is 2. The Morgan fingerprint density at radius 3 is 2.82 bits per heavy atom. The molecule has 60 valence electrons. The van der Waals surface area contributed by atoms with Crippen LogP contribution in [0.25, 0.3) is 6.08 Å². The van der Waals surface area contributed by atoms with Crippen molar-refractivity contribution in [1.29, 1.82) is 0 Å². The van der Waals surface area contributed by atoms with Gasteiger partial charge in [0.1, 0.15) is 0 Å². The van der Waals surface area contributed by atoms with E-state index in [4.69, 9.17) is 0 Å². The summed E-state index contributed by atoms with van der Waals surface area (Å²) in [5.41, 5.74) is 3.63. The van der Waals surface area contributed by atoms with Gasteiger partial charge in [0.2, 0.25) is 0 Å². The van der Waals surface area contributed by atoms with E-state index in [-0.39, 0.29) is 0 Å². The lowest BCUT2D eigenvalue weighted by molar-refractivity contribution is 1.00. The highest BCUT2D eigenvalue weighted by molar-refractivity contribution is 5.54. The Labute approximate surface area is 67.3 Å². The molecule has 2 heteroatoms. The molecule has 0 atom stereocenters. The van der Waals surface area contributed by atoms with Gasteiger partial charge < -0.3 is 10.3 Å². The summed E-state index contributed by atoms with van der Waals surface area (Å²) in [4.78, 5) is 3.13. The second-order valence-corrected chi connectivity index (χ2v) is 2.64. The van der Waals surface area contributed by atoms with Gasteiger partial charge >= 0.3 is 0 Å². The quantitative estimate of drug-likeness (QED) is 0.662. The maximum Gasteiger partial charge on any atom is 0.0189 e. The van der Waals surface area contributed by atoms with Crippen molar-refractivity contribution < 1.29 is 0 Å². The molecule has 0 bridgehead atoms. The van der Waals surface area contributed by atoms with E-state index >= 15 is 0 Å². The number of rotatable bonds is 2. The van der Waals surface area contributed by atoms with Gasteiger partial charge in [-0.1, -0.05) is 0 Å². The Hall–Kier alpha value is -1.18. The number of aromatic nitrogens is 1. The molecular weight excluding hydrogens is 136 g/mol. The van der Waals surface area contributed by atoms with Crippen LogP contribution in [0.4, 0.5) is 0 Å². The zero-order valence-corrected chi connectivity index (χ0v) is 7.23. The van der Waals surface area contributed by atoms with Crippen LogP contribution >= 0.6 is 0 Å². The topological polar surface area (TPSA) is 27.8 Å². The van der Waals surface area contributed by atoms with Gasteiger partial charge in [-0.15, -0.1) is 0 Å². The molecule has 1 rings (SSSR count). The molecule has 0 radical (unpaired) electrons. The van der Waals surface area contributed by atoms with Gasteiger partial charge in [0.15, 0.2) is 0 Å². The van der Waals surface area contributed by atoms with Crippen LogP contribution in [0.5, 0.6) is 0 Å². The average Bonchev–Trinajstić information content (AvgIpc) is 2.37. The van der Waals surface area contributed by atoms with Gasteiger partial charge in [-0.05, 0) is 31.6 Å². The summed E-state index contributed by atoms with van der Waals surface area (Å²) in [6.07, 6.45) is 4.07. The Morgan fingerprint density at radius 1 is 1.64 bits per heavy atom. The van der Waals surface area contributed by atoms with Crippen LogP contribution in [0.1, 0.15) is 18.2 Å². The monoisotopic (exact) mass is 150 g/mol. The number of nitrogens with one attached hydrogen (secondary N) is 2. The van der Waals surface area contributed by atoms with Crippen LogP contribution in [-0.2, 0) is 0 Å². The van der Waals surface area contributed by atoms with Crippen LogP contribution in [0.3, 0.4) is 0 Å². The molecule has 1 aromatic rings. The molecule has 0 fully saturated rings. The molecule has 11 heavy (non-hydrogen) atoms. The number of allylic oxidation sites excluding steroid dienone is 1. The van der Waals surface area contributed by atoms with Crippen LogP contribution in [0, 0.1) is 6.92 Å². The molecule has 2 N–H and O–H groups in total. The van der Waals surface area contributed by atoms with E-state index in [1.54, 1.807) is 0 Å². The Kier molecular flexibility index (Phi) is 2.36. The van der Waals surface area contributed by atoms with Crippen LogP contribution in [0.15, 0.2) is 18.0 Å². The third kappa shape index (κ3) is 1.87. The molecule has 0 amide bonds. The van der Waals surface area contributed by atoms with E-state index in [0.717, 1.165) is 0 Å². The summed E-state index contributed by atoms with van der Waals surface area (Å²) >= 11 is 0. The smallest absolute Gasteiger partial charge is 0.0189 e. The van der Waals surface area contributed by atoms with Gasteiger partial charge in [0.25, 0.3) is 0 Å². The third-order valence-electron chi connectivity index (χ3n) is 1.76. The Bertz CT molecular complexity index is 258. The molecule has 0 aromatic carbocycles. The first-order valence-electron chi connectivity index (χ1n) is 3.74. The summed E-state index contributed by atoms with van der Waals surface area (Å²) < 4.78 is 0. The molecule has 0 aliphatic carbocycles. The van der Waals surface area contributed by atoms with E-state index in [1.807, 2.05) is 20.2 Å². The van der Waals surface area contributed by atoms with E-state index in [9.17, 15) is 0 Å². The SMILES string of the molecule is CN/C(C)=C\c1cc[nH]c1C. The predicted octanol–water partition coefficient (Wildman–Crippen LogP) is 1.90. The van der Waals surface area contributed by atoms with Crippen LogP contribution < -0.4 is 5.32 Å². The lowest BCUT2D eigenvalue weighted by Gasteiger charge is -1.97. The van der Waals surface area contributed by atoms with Crippen molar-refractivity contribution in [3.8, 4) is 0 Å². The van der Waals surface area contributed by atoms with E-state index in [2.05, 4.69) is 29.4 Å². The normalized spacial score (nSPS) is 11.7. The second kappa shape index (κ2) is 3.28. The highest BCUT2D eigenvalue weighted by atomic mass is 14.8. The van der Waals surface area contributed by atoms with Crippen molar-refractivity contribution in [2.45, 2.75) is 13.8 Å². The zero-order chi connectivity index (χ0) is 8.27. The van der Waals surface area contributed by atoms with Gasteiger partial charge in [-0.25, -0.2) is 0 Å². The molecule has 0 spiro atoms. The van der Waals surface area contributed by atoms with Gasteiger partial charge in [-0.3, -0.25) is 0 Å². The highest BCUT2D eigenvalue weighted by Gasteiger charge is 1.93. The third-order valence-corrected chi connectivity index (χ3v) is 1.76. The summed E-state index contributed by atoms with van der Waals surface area (Å²) in [5.74, 6) is 0. The molecular formula is C9H14N2. The molecule has 0 aliphatic rings. The Balaban J connectivity index is 2.86. The van der Waals surface area contributed by atoms with E-state index < -0.39 is 0 Å². The first-order valence-corrected chi connectivity index (χ1v) is 3.74. The van der Waals surface area contributed by atoms with Gasteiger partial charge in [-0.2, -0.15) is 0 Å². The van der Waals surface area contributed by atoms with Gasteiger partial charge in [0, 0.05) is 24.6 Å². The molecule has 1 heterocycles. The summed E-state index contributed by atoms with van der Waals surface area (Å²) in [6, 6.07) is 2.07. The first-order chi connectivity index (χ1) is 5.24. The maximum absolute atomic E-state index is 3.13. The maximum atomic E-state index is 3.13. The van der Waals surface area contributed by atoms with Crippen molar-refractivity contribution >= 4 is 6.08 Å². The predicted molar refractivity (Wildman–Crippen MR) is 48.2 cm³/mol. The van der Waals surface area contributed by atoms with Crippen molar-refractivity contribution in [3.63, 3.8) is 0 Å². The fraction of sp³-hybridized carbons (Fsp3) is 0.333. The number of hydrogen-bond acceptors (Lipinski definition) is 1. The second-order valence-electron chi connectivity index (χ2n) is 2.64. The summed E-state index contributed by atoms with van der Waals surface area (Å²) in [7, 11) is 1.92. The lowest BCUT2D eigenvalue weighted by atomic mass is 10.2. The first kappa shape index (κ1) is 7.92. The molecule has 0 aliphatic heterocycles. The van der Waals surface area contributed by atoms with Crippen molar-refractivity contribution in [3.05, 3.63) is 29.2 Å². The van der Waals surface area contributed by atoms with Crippen LogP contribution in [0.2, 0.25) is 0 Å². The number of H-pyrrole nitrogens is 1. The number of aryl methyl sites for hydroxylation is 1. The fourth-order valence-corrected chi connectivity index (χ4v) is 0.927. The standard InChI is InChI=1S/C9H14N2/c1-7(10-3)6-9-4-5-11-8(9)2/h4-6,10-11H,1-3H3/b7-6-. The minimum Gasteiger partial charge on any atom is -0.392 e. The molecule has 0 saturated carbocycles. The van der Waals surface area contributed by atoms with Gasteiger partial charge in [0.05, 0.1) is 0 Å². The van der Waals surface area contributed by atoms with E-state index in [0.29, 0.717) is 0 Å². The summed E-state index contributed by atoms with van der Waals surface area (Å²) in [5, 5.41) is 3.08. The molecule has 1 aromatic heterocycles. The van der Waals surface area contributed by atoms with Crippen molar-refractivity contribution in [2.24, 2.45) is 0 Å². The molecule has 0 unspecified atom stereocenters. The Morgan fingerprint density at radius 2 is 2.36 bits per heavy atom. The van der Waals surface area contributed by atoms with E-state index in [1.165, 1.54) is 17.0 Å². The summed E-state index contributed by atoms with van der Waals surface area (Å²) in [6.45, 7) is 4.11. The average molecular weight is 150 g/mol. The minimum absolute atomic E-state index is 1.17. The lowest BCUT2D eigenvalue weighted by Crippen LogP contribution is -2.00. The highest BCUT2D eigenvalue weighted by Crippen LogP contribution is 2.08. The largest absolute Gasteiger partial charge is 0.392 e. The van der Waals surface area contributed by atoms with Crippen molar-refractivity contribution in [2.75, 3.05) is 7.05 Å². The fourth-order valence-electron chi connectivity index (χ4n) is 0.927.